The summed E-state index contributed by atoms with van der Waals surface area (Å²) in [6.45, 7) is 2.39. The summed E-state index contributed by atoms with van der Waals surface area (Å²) in [6.07, 6.45) is 0. The number of fused-ring (bicyclic) bond motifs is 1. The third-order valence-corrected chi connectivity index (χ3v) is 5.34. The number of carbonyl (C=O) groups is 1. The number of halogens is 1. The highest BCUT2D eigenvalue weighted by Crippen LogP contribution is 2.33. The second-order valence-corrected chi connectivity index (χ2v) is 7.64. The molecule has 1 amide bonds. The molecular formula is C26H23ClN2O4. The fraction of sp³-hybridized carbons (Fsp3) is 0.154. The molecule has 0 spiro atoms. The van der Waals surface area contributed by atoms with Gasteiger partial charge in [-0.15, -0.1) is 0 Å². The molecule has 1 N–H and O–H groups in total. The second-order valence-electron chi connectivity index (χ2n) is 7.20. The smallest absolute Gasteiger partial charge is 0.255 e. The van der Waals surface area contributed by atoms with Gasteiger partial charge in [0.15, 0.2) is 0 Å². The molecule has 7 heteroatoms. The molecule has 0 fully saturated rings. The number of methoxy groups -OCH3 is 2. The van der Waals surface area contributed by atoms with Crippen molar-refractivity contribution in [3.05, 3.63) is 77.3 Å². The molecule has 1 heterocycles. The van der Waals surface area contributed by atoms with Gasteiger partial charge < -0.3 is 19.5 Å². The van der Waals surface area contributed by atoms with Gasteiger partial charge in [-0.3, -0.25) is 4.79 Å². The predicted octanol–water partition coefficient (Wildman–Crippen LogP) is 6.22. The van der Waals surface area contributed by atoms with Crippen LogP contribution in [0.4, 0.5) is 5.69 Å². The van der Waals surface area contributed by atoms with Crippen LogP contribution in [0.15, 0.2) is 66.7 Å². The average Bonchev–Trinajstić information content (AvgIpc) is 2.83. The number of nitrogens with one attached hydrogen (secondary N) is 1. The van der Waals surface area contributed by atoms with Gasteiger partial charge in [-0.25, -0.2) is 4.98 Å². The van der Waals surface area contributed by atoms with Crippen molar-refractivity contribution in [1.29, 1.82) is 0 Å². The predicted molar refractivity (Wildman–Crippen MR) is 131 cm³/mol. The Balaban J connectivity index is 1.72. The first kappa shape index (κ1) is 22.4. The Labute approximate surface area is 197 Å². The van der Waals surface area contributed by atoms with Crippen LogP contribution in [0.1, 0.15) is 17.3 Å². The molecule has 0 aliphatic heterocycles. The van der Waals surface area contributed by atoms with E-state index in [1.807, 2.05) is 43.3 Å². The molecule has 33 heavy (non-hydrogen) atoms. The number of amides is 1. The van der Waals surface area contributed by atoms with E-state index in [0.717, 1.165) is 16.6 Å². The van der Waals surface area contributed by atoms with Crippen molar-refractivity contribution < 1.29 is 19.0 Å². The summed E-state index contributed by atoms with van der Waals surface area (Å²) in [5.74, 6) is 1.50. The molecule has 0 saturated heterocycles. The van der Waals surface area contributed by atoms with Crippen LogP contribution in [-0.2, 0) is 0 Å². The number of nitrogens with zero attached hydrogens (tertiary/aromatic N) is 1. The van der Waals surface area contributed by atoms with Crippen molar-refractivity contribution in [2.75, 3.05) is 26.1 Å². The number of hydrogen-bond acceptors (Lipinski definition) is 5. The molecule has 0 aliphatic rings. The van der Waals surface area contributed by atoms with Crippen LogP contribution < -0.4 is 19.5 Å². The highest BCUT2D eigenvalue weighted by Gasteiger charge is 2.15. The fourth-order valence-corrected chi connectivity index (χ4v) is 3.70. The number of anilines is 1. The first-order chi connectivity index (χ1) is 16.0. The van der Waals surface area contributed by atoms with E-state index in [9.17, 15) is 4.79 Å². The summed E-state index contributed by atoms with van der Waals surface area (Å²) < 4.78 is 16.5. The third-order valence-electron chi connectivity index (χ3n) is 5.11. The number of hydrogen-bond donors (Lipinski definition) is 1. The molecule has 1 aromatic heterocycles. The largest absolute Gasteiger partial charge is 0.497 e. The summed E-state index contributed by atoms with van der Waals surface area (Å²) in [5, 5.41) is 4.27. The van der Waals surface area contributed by atoms with E-state index < -0.39 is 0 Å². The Morgan fingerprint density at radius 1 is 0.970 bits per heavy atom. The van der Waals surface area contributed by atoms with Crippen LogP contribution in [0.25, 0.3) is 22.2 Å². The van der Waals surface area contributed by atoms with Gasteiger partial charge in [0.25, 0.3) is 5.91 Å². The lowest BCUT2D eigenvalue weighted by atomic mass is 10.1. The average molecular weight is 463 g/mol. The van der Waals surface area contributed by atoms with Crippen molar-refractivity contribution in [3.63, 3.8) is 0 Å². The SMILES string of the molecule is CCOc1cc(-c2cccc(Cl)c2)nc2ccc(C(=O)Nc3cc(OC)ccc3OC)cc12. The van der Waals surface area contributed by atoms with E-state index in [1.165, 1.54) is 0 Å². The molecule has 0 saturated carbocycles. The Morgan fingerprint density at radius 3 is 2.55 bits per heavy atom. The number of carbonyl (C=O) groups excluding carboxylic acids is 1. The van der Waals surface area contributed by atoms with Gasteiger partial charge in [0, 0.05) is 33.7 Å². The van der Waals surface area contributed by atoms with Gasteiger partial charge in [0.05, 0.1) is 37.7 Å². The monoisotopic (exact) mass is 462 g/mol. The molecule has 3 aromatic carbocycles. The van der Waals surface area contributed by atoms with Gasteiger partial charge in [0.2, 0.25) is 0 Å². The van der Waals surface area contributed by atoms with Gasteiger partial charge in [0.1, 0.15) is 17.2 Å². The first-order valence-electron chi connectivity index (χ1n) is 10.4. The summed E-state index contributed by atoms with van der Waals surface area (Å²) in [7, 11) is 3.11. The van der Waals surface area contributed by atoms with E-state index in [2.05, 4.69) is 5.32 Å². The Morgan fingerprint density at radius 2 is 1.82 bits per heavy atom. The number of pyridine rings is 1. The molecule has 0 radical (unpaired) electrons. The minimum atomic E-state index is -0.287. The minimum Gasteiger partial charge on any atom is -0.497 e. The number of aromatic nitrogens is 1. The van der Waals surface area contributed by atoms with Gasteiger partial charge in [-0.2, -0.15) is 0 Å². The maximum absolute atomic E-state index is 13.0. The number of ether oxygens (including phenoxy) is 3. The molecule has 168 valence electrons. The van der Waals surface area contributed by atoms with E-state index in [-0.39, 0.29) is 5.91 Å². The highest BCUT2D eigenvalue weighted by atomic mass is 35.5. The number of benzene rings is 3. The molecule has 4 rings (SSSR count). The minimum absolute atomic E-state index is 0.287. The van der Waals surface area contributed by atoms with Crippen molar-refractivity contribution in [2.24, 2.45) is 0 Å². The van der Waals surface area contributed by atoms with Crippen LogP contribution in [0.3, 0.4) is 0 Å². The normalized spacial score (nSPS) is 10.7. The zero-order valence-electron chi connectivity index (χ0n) is 18.5. The van der Waals surface area contributed by atoms with Crippen LogP contribution in [-0.4, -0.2) is 31.7 Å². The van der Waals surface area contributed by atoms with Crippen molar-refractivity contribution in [1.82, 2.24) is 4.98 Å². The second kappa shape index (κ2) is 9.79. The lowest BCUT2D eigenvalue weighted by Gasteiger charge is -2.13. The summed E-state index contributed by atoms with van der Waals surface area (Å²) in [6, 6.07) is 19.9. The summed E-state index contributed by atoms with van der Waals surface area (Å²) in [4.78, 5) is 17.8. The van der Waals surface area contributed by atoms with E-state index >= 15 is 0 Å². The zero-order valence-corrected chi connectivity index (χ0v) is 19.3. The van der Waals surface area contributed by atoms with Gasteiger partial charge in [-0.1, -0.05) is 23.7 Å². The standard InChI is InChI=1S/C26H23ClN2O4/c1-4-33-25-15-22(16-6-5-7-18(27)12-16)28-21-10-8-17(13-20(21)25)26(30)29-23-14-19(31-2)9-11-24(23)32-3/h5-15H,4H2,1-3H3,(H,29,30). The van der Waals surface area contributed by atoms with Crippen molar-refractivity contribution >= 4 is 34.1 Å². The molecular weight excluding hydrogens is 440 g/mol. The molecule has 0 unspecified atom stereocenters. The van der Waals surface area contributed by atoms with Crippen LogP contribution in [0.5, 0.6) is 17.2 Å². The van der Waals surface area contributed by atoms with E-state index in [4.69, 9.17) is 30.8 Å². The lowest BCUT2D eigenvalue weighted by Crippen LogP contribution is -2.13. The maximum atomic E-state index is 13.0. The Kier molecular flexibility index (Phi) is 6.66. The quantitative estimate of drug-likeness (QED) is 0.353. The molecule has 0 aliphatic carbocycles. The molecule has 4 aromatic rings. The number of rotatable bonds is 7. The van der Waals surface area contributed by atoms with E-state index in [0.29, 0.717) is 45.6 Å². The summed E-state index contributed by atoms with van der Waals surface area (Å²) in [5.41, 5.74) is 3.32. The topological polar surface area (TPSA) is 69.7 Å². The third kappa shape index (κ3) is 4.86. The molecule has 0 atom stereocenters. The molecule has 0 bridgehead atoms. The molecule has 6 nitrogen and oxygen atoms in total. The Hall–Kier alpha value is -3.77. The zero-order chi connectivity index (χ0) is 23.4. The van der Waals surface area contributed by atoms with Crippen molar-refractivity contribution in [3.8, 4) is 28.5 Å². The van der Waals surface area contributed by atoms with Crippen LogP contribution in [0, 0.1) is 0 Å². The fourth-order valence-electron chi connectivity index (χ4n) is 3.51. The van der Waals surface area contributed by atoms with E-state index in [1.54, 1.807) is 44.6 Å². The first-order valence-corrected chi connectivity index (χ1v) is 10.8. The van der Waals surface area contributed by atoms with Crippen LogP contribution in [0.2, 0.25) is 5.02 Å². The lowest BCUT2D eigenvalue weighted by molar-refractivity contribution is 0.102. The summed E-state index contributed by atoms with van der Waals surface area (Å²) >= 11 is 6.16. The van der Waals surface area contributed by atoms with Crippen molar-refractivity contribution in [2.45, 2.75) is 6.92 Å². The van der Waals surface area contributed by atoms with Gasteiger partial charge in [-0.05, 0) is 49.4 Å². The van der Waals surface area contributed by atoms with Crippen LogP contribution >= 0.6 is 11.6 Å². The highest BCUT2D eigenvalue weighted by molar-refractivity contribution is 6.30. The maximum Gasteiger partial charge on any atom is 0.255 e. The Bertz CT molecular complexity index is 1320. The van der Waals surface area contributed by atoms with Gasteiger partial charge >= 0.3 is 0 Å².